The zero-order valence-electron chi connectivity index (χ0n) is 10.9. The van der Waals surface area contributed by atoms with Crippen LogP contribution in [-0.2, 0) is 4.79 Å². The molecule has 0 bridgehead atoms. The summed E-state index contributed by atoms with van der Waals surface area (Å²) in [5.41, 5.74) is 0. The number of aliphatic hydroxyl groups is 1. The van der Waals surface area contributed by atoms with Gasteiger partial charge in [-0.3, -0.25) is 4.79 Å². The maximum Gasteiger partial charge on any atom is 0.236 e. The molecule has 96 valence electrons. The first-order valence-electron chi connectivity index (χ1n) is 6.16. The summed E-state index contributed by atoms with van der Waals surface area (Å²) in [4.78, 5) is 11.5. The minimum absolute atomic E-state index is 0.00130. The number of carbonyl (C=O) groups is 1. The molecular weight excluding hydrogens is 204 g/mol. The monoisotopic (exact) mass is 230 g/mol. The van der Waals surface area contributed by atoms with Crippen molar-refractivity contribution in [3.8, 4) is 0 Å². The predicted molar refractivity (Wildman–Crippen MR) is 66.2 cm³/mol. The zero-order chi connectivity index (χ0) is 12.6. The quantitative estimate of drug-likeness (QED) is 0.580. The van der Waals surface area contributed by atoms with Crippen LogP contribution in [0.3, 0.4) is 0 Å². The van der Waals surface area contributed by atoms with E-state index >= 15 is 0 Å². The lowest BCUT2D eigenvalue weighted by Crippen LogP contribution is -2.45. The highest BCUT2D eigenvalue weighted by molar-refractivity contribution is 5.81. The van der Waals surface area contributed by atoms with E-state index in [2.05, 4.69) is 24.5 Å². The van der Waals surface area contributed by atoms with Crippen LogP contribution in [0.1, 0.15) is 40.5 Å². The first-order chi connectivity index (χ1) is 7.47. The van der Waals surface area contributed by atoms with Crippen molar-refractivity contribution in [2.24, 2.45) is 5.92 Å². The average molecular weight is 230 g/mol. The topological polar surface area (TPSA) is 61.4 Å². The minimum Gasteiger partial charge on any atom is -0.392 e. The fourth-order valence-corrected chi connectivity index (χ4v) is 1.43. The molecule has 0 aromatic carbocycles. The molecule has 4 heteroatoms. The predicted octanol–water partition coefficient (Wildman–Crippen LogP) is 0.898. The molecule has 0 aliphatic rings. The molecule has 0 spiro atoms. The molecule has 0 rings (SSSR count). The van der Waals surface area contributed by atoms with Gasteiger partial charge < -0.3 is 15.7 Å². The second-order valence-electron chi connectivity index (χ2n) is 4.70. The Morgan fingerprint density at radius 2 is 1.94 bits per heavy atom. The fourth-order valence-electron chi connectivity index (χ4n) is 1.43. The maximum atomic E-state index is 11.5. The molecule has 16 heavy (non-hydrogen) atoms. The van der Waals surface area contributed by atoms with E-state index in [4.69, 9.17) is 0 Å². The summed E-state index contributed by atoms with van der Waals surface area (Å²) >= 11 is 0. The minimum atomic E-state index is -0.374. The van der Waals surface area contributed by atoms with E-state index < -0.39 is 0 Å². The van der Waals surface area contributed by atoms with E-state index in [0.29, 0.717) is 19.0 Å². The van der Waals surface area contributed by atoms with Gasteiger partial charge in [0, 0.05) is 13.1 Å². The smallest absolute Gasteiger partial charge is 0.236 e. The van der Waals surface area contributed by atoms with Gasteiger partial charge >= 0.3 is 0 Å². The summed E-state index contributed by atoms with van der Waals surface area (Å²) < 4.78 is 0. The molecule has 0 heterocycles. The van der Waals surface area contributed by atoms with Gasteiger partial charge in [0.05, 0.1) is 12.1 Å². The molecule has 1 amide bonds. The van der Waals surface area contributed by atoms with Crippen molar-refractivity contribution in [2.75, 3.05) is 13.1 Å². The molecule has 0 radical (unpaired) electrons. The lowest BCUT2D eigenvalue weighted by atomic mass is 10.1. The molecule has 0 saturated heterocycles. The summed E-state index contributed by atoms with van der Waals surface area (Å²) in [5.74, 6) is 0.472. The van der Waals surface area contributed by atoms with E-state index in [0.717, 1.165) is 12.8 Å². The van der Waals surface area contributed by atoms with Crippen molar-refractivity contribution >= 4 is 5.91 Å². The number of nitrogens with one attached hydrogen (secondary N) is 2. The highest BCUT2D eigenvalue weighted by atomic mass is 16.3. The van der Waals surface area contributed by atoms with E-state index in [1.807, 2.05) is 13.8 Å². The van der Waals surface area contributed by atoms with E-state index in [1.165, 1.54) is 0 Å². The largest absolute Gasteiger partial charge is 0.392 e. The van der Waals surface area contributed by atoms with Gasteiger partial charge in [0.25, 0.3) is 0 Å². The Morgan fingerprint density at radius 1 is 1.31 bits per heavy atom. The van der Waals surface area contributed by atoms with Crippen LogP contribution in [0, 0.1) is 5.92 Å². The highest BCUT2D eigenvalue weighted by Crippen LogP contribution is 2.03. The van der Waals surface area contributed by atoms with E-state index in [-0.39, 0.29) is 18.1 Å². The second-order valence-corrected chi connectivity index (χ2v) is 4.70. The Balaban J connectivity index is 3.70. The Bertz CT molecular complexity index is 195. The number of rotatable bonds is 8. The molecule has 3 N–H and O–H groups in total. The number of carbonyl (C=O) groups excluding carboxylic acids is 1. The van der Waals surface area contributed by atoms with E-state index in [9.17, 15) is 9.90 Å². The van der Waals surface area contributed by atoms with Gasteiger partial charge in [-0.2, -0.15) is 0 Å². The normalized spacial score (nSPS) is 14.9. The molecule has 2 unspecified atom stereocenters. The summed E-state index contributed by atoms with van der Waals surface area (Å²) in [6.07, 6.45) is 1.33. The van der Waals surface area contributed by atoms with Gasteiger partial charge in [-0.05, 0) is 25.7 Å². The zero-order valence-corrected chi connectivity index (χ0v) is 10.9. The van der Waals surface area contributed by atoms with Crippen molar-refractivity contribution in [1.29, 1.82) is 0 Å². The summed E-state index contributed by atoms with van der Waals surface area (Å²) in [7, 11) is 0. The first kappa shape index (κ1) is 15.4. The Labute approximate surface area is 98.8 Å². The Kier molecular flexibility index (Phi) is 8.21. The lowest BCUT2D eigenvalue weighted by Gasteiger charge is -2.17. The standard InChI is InChI=1S/C12H26N2O2/c1-5-6-13-12(16)10(4)14-8-11(15)7-9(2)3/h9-11,14-15H,5-8H2,1-4H3,(H,13,16). The summed E-state index contributed by atoms with van der Waals surface area (Å²) in [6, 6.07) is -0.242. The number of hydrogen-bond donors (Lipinski definition) is 3. The van der Waals surface area contributed by atoms with Gasteiger partial charge in [-0.25, -0.2) is 0 Å². The molecule has 0 fully saturated rings. The van der Waals surface area contributed by atoms with E-state index in [1.54, 1.807) is 0 Å². The number of amides is 1. The molecule has 0 aliphatic carbocycles. The average Bonchev–Trinajstić information content (AvgIpc) is 2.21. The third-order valence-corrected chi connectivity index (χ3v) is 2.35. The molecule has 0 aliphatic heterocycles. The van der Waals surface area contributed by atoms with Crippen LogP contribution >= 0.6 is 0 Å². The third kappa shape index (κ3) is 7.65. The fraction of sp³-hybridized carbons (Fsp3) is 0.917. The Hall–Kier alpha value is -0.610. The van der Waals surface area contributed by atoms with Crippen LogP contribution in [0.2, 0.25) is 0 Å². The summed E-state index contributed by atoms with van der Waals surface area (Å²) in [5, 5.41) is 15.5. The van der Waals surface area contributed by atoms with Crippen LogP contribution < -0.4 is 10.6 Å². The Morgan fingerprint density at radius 3 is 2.44 bits per heavy atom. The first-order valence-corrected chi connectivity index (χ1v) is 6.16. The van der Waals surface area contributed by atoms with Crippen LogP contribution in [0.15, 0.2) is 0 Å². The number of hydrogen-bond acceptors (Lipinski definition) is 3. The van der Waals surface area contributed by atoms with Crippen LogP contribution in [0.4, 0.5) is 0 Å². The maximum absolute atomic E-state index is 11.5. The van der Waals surface area contributed by atoms with Gasteiger partial charge in [-0.1, -0.05) is 20.8 Å². The van der Waals surface area contributed by atoms with Crippen molar-refractivity contribution in [2.45, 2.75) is 52.7 Å². The van der Waals surface area contributed by atoms with Crippen molar-refractivity contribution in [3.63, 3.8) is 0 Å². The van der Waals surface area contributed by atoms with Crippen LogP contribution in [-0.4, -0.2) is 36.2 Å². The van der Waals surface area contributed by atoms with Crippen LogP contribution in [0.5, 0.6) is 0 Å². The lowest BCUT2D eigenvalue weighted by molar-refractivity contribution is -0.122. The SMILES string of the molecule is CCCNC(=O)C(C)NCC(O)CC(C)C. The highest BCUT2D eigenvalue weighted by Gasteiger charge is 2.13. The van der Waals surface area contributed by atoms with Crippen LogP contribution in [0.25, 0.3) is 0 Å². The summed E-state index contributed by atoms with van der Waals surface area (Å²) in [6.45, 7) is 9.15. The van der Waals surface area contributed by atoms with Gasteiger partial charge in [0.2, 0.25) is 5.91 Å². The van der Waals surface area contributed by atoms with Crippen molar-refractivity contribution in [1.82, 2.24) is 10.6 Å². The van der Waals surface area contributed by atoms with Gasteiger partial charge in [-0.15, -0.1) is 0 Å². The molecular formula is C12H26N2O2. The van der Waals surface area contributed by atoms with Crippen molar-refractivity contribution in [3.05, 3.63) is 0 Å². The van der Waals surface area contributed by atoms with Gasteiger partial charge in [0.1, 0.15) is 0 Å². The number of aliphatic hydroxyl groups excluding tert-OH is 1. The molecule has 0 saturated carbocycles. The van der Waals surface area contributed by atoms with Gasteiger partial charge in [0.15, 0.2) is 0 Å². The molecule has 0 aromatic heterocycles. The molecule has 2 atom stereocenters. The molecule has 0 aromatic rings. The second kappa shape index (κ2) is 8.53. The van der Waals surface area contributed by atoms with Crippen molar-refractivity contribution < 1.29 is 9.90 Å². The molecule has 4 nitrogen and oxygen atoms in total. The third-order valence-electron chi connectivity index (χ3n) is 2.35.